The Labute approximate surface area is 73.4 Å². The molecule has 0 spiro atoms. The predicted molar refractivity (Wildman–Crippen MR) is 44.8 cm³/mol. The Hall–Kier alpha value is 1.73. The van der Waals surface area contributed by atoms with Gasteiger partial charge in [-0.25, -0.2) is 0 Å². The lowest BCUT2D eigenvalue weighted by atomic mass is 10.6. The van der Waals surface area contributed by atoms with Crippen LogP contribution in [0.4, 0.5) is 0 Å². The topological polar surface area (TPSA) is 0 Å². The van der Waals surface area contributed by atoms with E-state index in [0.29, 0.717) is 3.74 Å². The van der Waals surface area contributed by atoms with E-state index in [4.69, 9.17) is 11.6 Å². The van der Waals surface area contributed by atoms with Gasteiger partial charge in [-0.05, 0) is 6.42 Å². The minimum Gasteiger partial charge on any atom is -0.110 e. The van der Waals surface area contributed by atoms with Gasteiger partial charge in [0.05, 0.1) is 8.02 Å². The Morgan fingerprint density at radius 3 is 1.71 bits per heavy atom. The maximum absolute atomic E-state index is 5.53. The zero-order valence-electron chi connectivity index (χ0n) is 3.37. The van der Waals surface area contributed by atoms with Crippen LogP contribution in [0.15, 0.2) is 0 Å². The van der Waals surface area contributed by atoms with Crippen molar-refractivity contribution in [2.24, 2.45) is 0 Å². The molecule has 44 valence electrons. The summed E-state index contributed by atoms with van der Waals surface area (Å²) in [5, 5.41) is 0. The summed E-state index contributed by atoms with van der Waals surface area (Å²) in [4.78, 5) is 0. The molecule has 1 atom stereocenters. The molecule has 0 saturated carbocycles. The van der Waals surface area contributed by atoms with E-state index < -0.39 is 0 Å². The van der Waals surface area contributed by atoms with Gasteiger partial charge in [0, 0.05) is 0 Å². The third kappa shape index (κ3) is 7.73. The highest BCUT2D eigenvalue weighted by Gasteiger charge is 2.02. The molecule has 0 aliphatic heterocycles. The van der Waals surface area contributed by atoms with Gasteiger partial charge < -0.3 is 0 Å². The van der Waals surface area contributed by atoms with E-state index in [2.05, 4.69) is 47.8 Å². The number of hydrogen-bond acceptors (Lipinski definition) is 0. The molecule has 0 N–H and O–H groups in total. The van der Waals surface area contributed by atoms with Crippen LogP contribution in [-0.4, -0.2) is 8.02 Å². The summed E-state index contributed by atoms with van der Waals surface area (Å²) >= 11 is 15.3. The zero-order chi connectivity index (χ0) is 5.86. The van der Waals surface area contributed by atoms with Crippen LogP contribution in [0.2, 0.25) is 0 Å². The van der Waals surface area contributed by atoms with Gasteiger partial charge in [-0.1, -0.05) is 47.8 Å². The fraction of sp³-hybridized carbons (Fsp3) is 1.00. The SMILES string of the molecule is ClC(Br)CC(Br)Br. The van der Waals surface area contributed by atoms with Gasteiger partial charge in [0.2, 0.25) is 0 Å². The summed E-state index contributed by atoms with van der Waals surface area (Å²) in [6, 6.07) is 0. The molecule has 0 nitrogen and oxygen atoms in total. The third-order valence-corrected chi connectivity index (χ3v) is 1.66. The van der Waals surface area contributed by atoms with Crippen LogP contribution in [0, 0.1) is 0 Å². The molecule has 0 bridgehead atoms. The van der Waals surface area contributed by atoms with Crippen molar-refractivity contribution in [1.29, 1.82) is 0 Å². The van der Waals surface area contributed by atoms with Gasteiger partial charge in [0.25, 0.3) is 0 Å². The van der Waals surface area contributed by atoms with Crippen molar-refractivity contribution in [2.75, 3.05) is 0 Å². The molecule has 0 aliphatic carbocycles. The zero-order valence-corrected chi connectivity index (χ0v) is 8.89. The summed E-state index contributed by atoms with van der Waals surface area (Å²) in [5.74, 6) is 0. The molecule has 0 aromatic carbocycles. The minimum absolute atomic E-state index is 0.0660. The van der Waals surface area contributed by atoms with Crippen molar-refractivity contribution in [2.45, 2.75) is 14.4 Å². The third-order valence-electron chi connectivity index (χ3n) is 0.356. The molecule has 0 aromatic heterocycles. The van der Waals surface area contributed by atoms with Gasteiger partial charge in [-0.2, -0.15) is 0 Å². The molecule has 0 amide bonds. The highest BCUT2D eigenvalue weighted by atomic mass is 79.9. The first-order chi connectivity index (χ1) is 3.13. The Morgan fingerprint density at radius 1 is 1.29 bits per heavy atom. The summed E-state index contributed by atoms with van der Waals surface area (Å²) < 4.78 is 0.387. The standard InChI is InChI=1S/C3H4Br3Cl/c4-2(5)1-3(6)7/h2-3H,1H2. The van der Waals surface area contributed by atoms with E-state index in [1.54, 1.807) is 0 Å². The summed E-state index contributed by atoms with van der Waals surface area (Å²) in [5.41, 5.74) is 0. The molecular weight excluding hydrogens is 311 g/mol. The van der Waals surface area contributed by atoms with Crippen molar-refractivity contribution in [1.82, 2.24) is 0 Å². The number of alkyl halides is 4. The summed E-state index contributed by atoms with van der Waals surface area (Å²) in [7, 11) is 0. The quantitative estimate of drug-likeness (QED) is 0.685. The normalized spacial score (nSPS) is 15.0. The molecule has 0 saturated heterocycles. The van der Waals surface area contributed by atoms with Crippen molar-refractivity contribution in [3.8, 4) is 0 Å². The number of halogens is 4. The first-order valence-electron chi connectivity index (χ1n) is 1.69. The Balaban J connectivity index is 2.95. The van der Waals surface area contributed by atoms with Crippen LogP contribution in [0.25, 0.3) is 0 Å². The maximum Gasteiger partial charge on any atom is 0.0905 e. The number of hydrogen-bond donors (Lipinski definition) is 0. The van der Waals surface area contributed by atoms with Crippen LogP contribution in [0.1, 0.15) is 6.42 Å². The van der Waals surface area contributed by atoms with Crippen LogP contribution < -0.4 is 0 Å². The van der Waals surface area contributed by atoms with Crippen molar-refractivity contribution < 1.29 is 0 Å². The molecule has 0 rings (SSSR count). The molecule has 1 unspecified atom stereocenters. The fourth-order valence-electron chi connectivity index (χ4n) is 0.135. The average molecular weight is 315 g/mol. The van der Waals surface area contributed by atoms with Gasteiger partial charge in [0.1, 0.15) is 0 Å². The van der Waals surface area contributed by atoms with Gasteiger partial charge >= 0.3 is 0 Å². The van der Waals surface area contributed by atoms with Crippen LogP contribution in [0.5, 0.6) is 0 Å². The van der Waals surface area contributed by atoms with E-state index in [-0.39, 0.29) is 4.29 Å². The van der Waals surface area contributed by atoms with Crippen molar-refractivity contribution in [3.05, 3.63) is 0 Å². The monoisotopic (exact) mass is 312 g/mol. The summed E-state index contributed by atoms with van der Waals surface area (Å²) in [6.45, 7) is 0. The average Bonchev–Trinajstić information content (AvgIpc) is 1.27. The lowest BCUT2D eigenvalue weighted by Crippen LogP contribution is -1.91. The molecule has 0 radical (unpaired) electrons. The van der Waals surface area contributed by atoms with E-state index in [1.165, 1.54) is 0 Å². The molecule has 0 fully saturated rings. The Kier molecular flexibility index (Phi) is 5.73. The lowest BCUT2D eigenvalue weighted by Gasteiger charge is -1.98. The first-order valence-corrected chi connectivity index (χ1v) is 4.87. The van der Waals surface area contributed by atoms with Crippen molar-refractivity contribution in [3.63, 3.8) is 0 Å². The van der Waals surface area contributed by atoms with E-state index in [1.807, 2.05) is 0 Å². The van der Waals surface area contributed by atoms with E-state index in [9.17, 15) is 0 Å². The van der Waals surface area contributed by atoms with Crippen LogP contribution in [0.3, 0.4) is 0 Å². The first kappa shape index (κ1) is 8.73. The highest BCUT2D eigenvalue weighted by Crippen LogP contribution is 2.21. The molecule has 0 aliphatic rings. The van der Waals surface area contributed by atoms with E-state index in [0.717, 1.165) is 6.42 Å². The van der Waals surface area contributed by atoms with Gasteiger partial charge in [0.15, 0.2) is 0 Å². The van der Waals surface area contributed by atoms with Crippen LogP contribution >= 0.6 is 59.4 Å². The smallest absolute Gasteiger partial charge is 0.0905 e. The lowest BCUT2D eigenvalue weighted by molar-refractivity contribution is 1.06. The van der Waals surface area contributed by atoms with Gasteiger partial charge in [-0.3, -0.25) is 0 Å². The Morgan fingerprint density at radius 2 is 1.71 bits per heavy atom. The summed E-state index contributed by atoms with van der Waals surface area (Å²) in [6.07, 6.45) is 0.877. The van der Waals surface area contributed by atoms with Gasteiger partial charge in [-0.15, -0.1) is 11.6 Å². The number of rotatable bonds is 2. The second kappa shape index (κ2) is 4.59. The fourth-order valence-corrected chi connectivity index (χ4v) is 2.87. The predicted octanol–water partition coefficient (Wildman–Crippen LogP) is 3.45. The second-order valence-electron chi connectivity index (χ2n) is 1.02. The molecule has 7 heavy (non-hydrogen) atoms. The van der Waals surface area contributed by atoms with Crippen LogP contribution in [-0.2, 0) is 0 Å². The largest absolute Gasteiger partial charge is 0.110 e. The molecule has 0 heterocycles. The second-order valence-corrected chi connectivity index (χ2v) is 6.62. The highest BCUT2D eigenvalue weighted by molar-refractivity contribution is 9.24. The molecule has 4 heteroatoms. The molecule has 0 aromatic rings. The Bertz CT molecular complexity index is 39.4. The van der Waals surface area contributed by atoms with Crippen molar-refractivity contribution >= 4 is 59.4 Å². The van der Waals surface area contributed by atoms with E-state index >= 15 is 0 Å². The maximum atomic E-state index is 5.53. The minimum atomic E-state index is 0.0660. The molecular formula is C3H4Br3Cl.